The highest BCUT2D eigenvalue weighted by Gasteiger charge is 2.30. The highest BCUT2D eigenvalue weighted by Crippen LogP contribution is 2.35. The number of nitrogens with one attached hydrogen (secondary N) is 1. The Morgan fingerprint density at radius 2 is 2.23 bits per heavy atom. The van der Waals surface area contributed by atoms with Gasteiger partial charge >= 0.3 is 0 Å². The molecule has 118 valence electrons. The number of ether oxygens (including phenoxy) is 1. The van der Waals surface area contributed by atoms with Crippen LogP contribution in [0.1, 0.15) is 49.3 Å². The van der Waals surface area contributed by atoms with Gasteiger partial charge in [-0.3, -0.25) is 4.79 Å². The molecule has 3 rings (SSSR count). The van der Waals surface area contributed by atoms with Crippen molar-refractivity contribution in [3.63, 3.8) is 0 Å². The van der Waals surface area contributed by atoms with Gasteiger partial charge in [-0.2, -0.15) is 5.26 Å². The summed E-state index contributed by atoms with van der Waals surface area (Å²) in [5.41, 5.74) is 0. The van der Waals surface area contributed by atoms with Crippen molar-refractivity contribution in [1.29, 1.82) is 5.26 Å². The number of nitrogens with zero attached hydrogens (tertiary/aromatic N) is 2. The predicted molar refractivity (Wildman–Crippen MR) is 84.6 cm³/mol. The van der Waals surface area contributed by atoms with Crippen molar-refractivity contribution in [1.82, 2.24) is 4.98 Å². The van der Waals surface area contributed by atoms with Crippen LogP contribution in [0.4, 0.5) is 5.13 Å². The Balaban J connectivity index is 1.54. The Morgan fingerprint density at radius 3 is 3.00 bits per heavy atom. The number of anilines is 1. The van der Waals surface area contributed by atoms with Gasteiger partial charge in [-0.1, -0.05) is 0 Å². The van der Waals surface area contributed by atoms with E-state index < -0.39 is 0 Å². The molecule has 2 aliphatic rings. The van der Waals surface area contributed by atoms with Gasteiger partial charge in [0, 0.05) is 36.6 Å². The van der Waals surface area contributed by atoms with Crippen LogP contribution in [0.5, 0.6) is 0 Å². The van der Waals surface area contributed by atoms with Crippen molar-refractivity contribution in [3.05, 3.63) is 11.1 Å². The summed E-state index contributed by atoms with van der Waals surface area (Å²) in [6.07, 6.45) is 7.23. The van der Waals surface area contributed by atoms with Gasteiger partial charge in [0.1, 0.15) is 0 Å². The minimum atomic E-state index is 0.0359. The highest BCUT2D eigenvalue weighted by atomic mass is 32.1. The van der Waals surface area contributed by atoms with Crippen molar-refractivity contribution < 1.29 is 9.53 Å². The van der Waals surface area contributed by atoms with Crippen LogP contribution in [0.15, 0.2) is 6.20 Å². The van der Waals surface area contributed by atoms with E-state index in [-0.39, 0.29) is 11.8 Å². The first-order chi connectivity index (χ1) is 10.8. The zero-order valence-electron chi connectivity index (χ0n) is 12.6. The van der Waals surface area contributed by atoms with E-state index in [9.17, 15) is 4.79 Å². The van der Waals surface area contributed by atoms with Crippen LogP contribution in [0, 0.1) is 23.2 Å². The van der Waals surface area contributed by atoms with Crippen LogP contribution in [0.2, 0.25) is 0 Å². The van der Waals surface area contributed by atoms with Crippen LogP contribution in [0.3, 0.4) is 0 Å². The first-order valence-corrected chi connectivity index (χ1v) is 8.79. The third-order valence-electron chi connectivity index (χ3n) is 4.67. The molecule has 1 amide bonds. The summed E-state index contributed by atoms with van der Waals surface area (Å²) in [6, 6.07) is 2.21. The monoisotopic (exact) mass is 319 g/mol. The Morgan fingerprint density at radius 1 is 1.41 bits per heavy atom. The maximum atomic E-state index is 12.3. The molecule has 1 aliphatic heterocycles. The number of hydrogen-bond acceptors (Lipinski definition) is 5. The first-order valence-electron chi connectivity index (χ1n) is 7.97. The first kappa shape index (κ1) is 15.4. The summed E-state index contributed by atoms with van der Waals surface area (Å²) >= 11 is 1.59. The van der Waals surface area contributed by atoms with Crippen molar-refractivity contribution in [2.24, 2.45) is 11.8 Å². The van der Waals surface area contributed by atoms with Crippen molar-refractivity contribution in [2.45, 2.75) is 44.4 Å². The van der Waals surface area contributed by atoms with Crippen LogP contribution >= 0.6 is 11.3 Å². The second-order valence-corrected chi connectivity index (χ2v) is 7.24. The number of amides is 1. The summed E-state index contributed by atoms with van der Waals surface area (Å²) in [5, 5.41) is 12.4. The van der Waals surface area contributed by atoms with Gasteiger partial charge in [0.2, 0.25) is 5.91 Å². The standard InChI is InChI=1S/C16H21N3O2S/c17-6-3-11-1-2-13(9-11)15(20)19-16-18-10-14(22-16)12-4-7-21-8-5-12/h10-13H,1-5,7-9H2,(H,18,19,20)/t11-,13+/m0/s1. The second-order valence-electron chi connectivity index (χ2n) is 6.18. The van der Waals surface area contributed by atoms with Gasteiger partial charge in [0.25, 0.3) is 0 Å². The lowest BCUT2D eigenvalue weighted by molar-refractivity contribution is -0.119. The number of carbonyl (C=O) groups is 1. The normalized spacial score (nSPS) is 25.8. The van der Waals surface area contributed by atoms with E-state index in [1.54, 1.807) is 11.3 Å². The molecule has 0 bridgehead atoms. The summed E-state index contributed by atoms with van der Waals surface area (Å²) in [5.74, 6) is 1.00. The molecule has 1 saturated carbocycles. The molecule has 2 fully saturated rings. The van der Waals surface area contributed by atoms with Crippen molar-refractivity contribution >= 4 is 22.4 Å². The summed E-state index contributed by atoms with van der Waals surface area (Å²) in [7, 11) is 0. The van der Waals surface area contributed by atoms with Gasteiger partial charge in [0.05, 0.1) is 6.07 Å². The largest absolute Gasteiger partial charge is 0.381 e. The Hall–Kier alpha value is -1.45. The average Bonchev–Trinajstić information content (AvgIpc) is 3.18. The lowest BCUT2D eigenvalue weighted by Gasteiger charge is -2.20. The number of carbonyl (C=O) groups excluding carboxylic acids is 1. The number of thiazole rings is 1. The van der Waals surface area contributed by atoms with Crippen molar-refractivity contribution in [2.75, 3.05) is 18.5 Å². The van der Waals surface area contributed by atoms with E-state index in [0.717, 1.165) is 45.3 Å². The summed E-state index contributed by atoms with van der Waals surface area (Å²) in [6.45, 7) is 1.62. The Labute approximate surface area is 134 Å². The molecule has 6 heteroatoms. The lowest BCUT2D eigenvalue weighted by Crippen LogP contribution is -2.20. The minimum Gasteiger partial charge on any atom is -0.381 e. The topological polar surface area (TPSA) is 75.0 Å². The van der Waals surface area contributed by atoms with E-state index in [1.807, 2.05) is 6.20 Å². The van der Waals surface area contributed by atoms with Gasteiger partial charge in [-0.05, 0) is 43.9 Å². The molecule has 1 aromatic rings. The van der Waals surface area contributed by atoms with Gasteiger partial charge in [-0.25, -0.2) is 4.98 Å². The number of aromatic nitrogens is 1. The van der Waals surface area contributed by atoms with E-state index in [2.05, 4.69) is 16.4 Å². The van der Waals surface area contributed by atoms with Crippen LogP contribution in [-0.4, -0.2) is 24.1 Å². The zero-order chi connectivity index (χ0) is 15.4. The maximum absolute atomic E-state index is 12.3. The SMILES string of the molecule is N#CC[C@@H]1CC[C@@H](C(=O)Nc2ncc(C3CCOCC3)s2)C1. The van der Waals surface area contributed by atoms with E-state index in [0.29, 0.717) is 23.4 Å². The third kappa shape index (κ3) is 3.65. The molecule has 22 heavy (non-hydrogen) atoms. The summed E-state index contributed by atoms with van der Waals surface area (Å²) < 4.78 is 5.38. The molecule has 0 radical (unpaired) electrons. The molecule has 0 aromatic carbocycles. The molecule has 1 aromatic heterocycles. The average molecular weight is 319 g/mol. The molecule has 0 unspecified atom stereocenters. The molecule has 2 atom stereocenters. The smallest absolute Gasteiger partial charge is 0.229 e. The molecule has 5 nitrogen and oxygen atoms in total. The molecule has 2 heterocycles. The fourth-order valence-corrected chi connectivity index (χ4v) is 4.34. The molecule has 0 spiro atoms. The van der Waals surface area contributed by atoms with E-state index in [4.69, 9.17) is 10.00 Å². The predicted octanol–water partition coefficient (Wildman–Crippen LogP) is 3.31. The summed E-state index contributed by atoms with van der Waals surface area (Å²) in [4.78, 5) is 17.9. The second kappa shape index (κ2) is 7.21. The number of nitriles is 1. The highest BCUT2D eigenvalue weighted by molar-refractivity contribution is 7.15. The van der Waals surface area contributed by atoms with Crippen LogP contribution in [0.25, 0.3) is 0 Å². The lowest BCUT2D eigenvalue weighted by atomic mass is 9.99. The Kier molecular flexibility index (Phi) is 5.06. The van der Waals surface area contributed by atoms with E-state index >= 15 is 0 Å². The molecule has 1 saturated heterocycles. The Bertz CT molecular complexity index is 560. The minimum absolute atomic E-state index is 0.0359. The molecule has 1 aliphatic carbocycles. The fourth-order valence-electron chi connectivity index (χ4n) is 3.35. The number of hydrogen-bond donors (Lipinski definition) is 1. The van der Waals surface area contributed by atoms with Crippen LogP contribution < -0.4 is 5.32 Å². The zero-order valence-corrected chi connectivity index (χ0v) is 13.4. The molecular weight excluding hydrogens is 298 g/mol. The van der Waals surface area contributed by atoms with E-state index in [1.165, 1.54) is 4.88 Å². The fraction of sp³-hybridized carbons (Fsp3) is 0.688. The third-order valence-corrected chi connectivity index (χ3v) is 5.74. The maximum Gasteiger partial charge on any atom is 0.229 e. The van der Waals surface area contributed by atoms with Crippen molar-refractivity contribution in [3.8, 4) is 6.07 Å². The quantitative estimate of drug-likeness (QED) is 0.924. The molecule has 1 N–H and O–H groups in total. The van der Waals surface area contributed by atoms with Gasteiger partial charge in [-0.15, -0.1) is 11.3 Å². The van der Waals surface area contributed by atoms with Crippen LogP contribution in [-0.2, 0) is 9.53 Å². The van der Waals surface area contributed by atoms with Gasteiger partial charge < -0.3 is 10.1 Å². The molecular formula is C16H21N3O2S. The number of rotatable bonds is 4. The van der Waals surface area contributed by atoms with Gasteiger partial charge in [0.15, 0.2) is 5.13 Å².